The fourth-order valence-corrected chi connectivity index (χ4v) is 5.36. The molecule has 2 saturated heterocycles. The number of nitrogens with zero attached hydrogens (tertiary/aromatic N) is 3. The van der Waals surface area contributed by atoms with E-state index < -0.39 is 17.2 Å². The fraction of sp³-hybridized carbons (Fsp3) is 0.615. The van der Waals surface area contributed by atoms with E-state index in [4.69, 9.17) is 9.84 Å². The predicted molar refractivity (Wildman–Crippen MR) is 126 cm³/mol. The Morgan fingerprint density at radius 3 is 2.69 bits per heavy atom. The Labute approximate surface area is 205 Å². The number of amides is 2. The van der Waals surface area contributed by atoms with Crippen LogP contribution in [0.1, 0.15) is 63.9 Å². The van der Waals surface area contributed by atoms with Crippen molar-refractivity contribution < 1.29 is 28.6 Å². The van der Waals surface area contributed by atoms with Crippen LogP contribution in [-0.2, 0) is 19.8 Å². The SMILES string of the molecule is CCCC1C(C(=O)N2CCC(C#N)(c3cc(F)ccc3OCCCC(=O)O)CC2)CCCN1C=O. The maximum absolute atomic E-state index is 14.2. The molecule has 2 heterocycles. The van der Waals surface area contributed by atoms with Gasteiger partial charge in [0.2, 0.25) is 12.3 Å². The van der Waals surface area contributed by atoms with Gasteiger partial charge in [-0.2, -0.15) is 5.26 Å². The first-order valence-corrected chi connectivity index (χ1v) is 12.4. The topological polar surface area (TPSA) is 111 Å². The third-order valence-electron chi connectivity index (χ3n) is 7.25. The molecule has 2 fully saturated rings. The second-order valence-corrected chi connectivity index (χ2v) is 9.45. The number of hydrogen-bond donors (Lipinski definition) is 1. The summed E-state index contributed by atoms with van der Waals surface area (Å²) in [5.74, 6) is -1.26. The zero-order valence-corrected chi connectivity index (χ0v) is 20.2. The van der Waals surface area contributed by atoms with Gasteiger partial charge in [0.25, 0.3) is 0 Å². The number of hydrogen-bond acceptors (Lipinski definition) is 5. The summed E-state index contributed by atoms with van der Waals surface area (Å²) in [6.07, 6.45) is 4.97. The van der Waals surface area contributed by atoms with Crippen molar-refractivity contribution in [3.05, 3.63) is 29.6 Å². The molecule has 1 aromatic rings. The number of nitriles is 1. The lowest BCUT2D eigenvalue weighted by Gasteiger charge is -2.43. The van der Waals surface area contributed by atoms with Crippen molar-refractivity contribution in [1.82, 2.24) is 9.80 Å². The average Bonchev–Trinajstić information content (AvgIpc) is 2.87. The molecular formula is C26H34FN3O5. The van der Waals surface area contributed by atoms with Crippen LogP contribution in [0, 0.1) is 23.1 Å². The minimum absolute atomic E-state index is 0.0194. The summed E-state index contributed by atoms with van der Waals surface area (Å²) in [6.45, 7) is 3.58. The predicted octanol–water partition coefficient (Wildman–Crippen LogP) is 3.49. The molecule has 35 heavy (non-hydrogen) atoms. The van der Waals surface area contributed by atoms with Crippen LogP contribution in [0.2, 0.25) is 0 Å². The highest BCUT2D eigenvalue weighted by Crippen LogP contribution is 2.41. The van der Waals surface area contributed by atoms with Crippen LogP contribution in [0.25, 0.3) is 0 Å². The maximum atomic E-state index is 14.2. The second-order valence-electron chi connectivity index (χ2n) is 9.45. The van der Waals surface area contributed by atoms with E-state index in [1.54, 1.807) is 9.80 Å². The van der Waals surface area contributed by atoms with E-state index in [9.17, 15) is 24.0 Å². The summed E-state index contributed by atoms with van der Waals surface area (Å²) < 4.78 is 20.0. The smallest absolute Gasteiger partial charge is 0.303 e. The molecule has 2 amide bonds. The molecule has 1 N–H and O–H groups in total. The molecule has 0 aliphatic carbocycles. The molecular weight excluding hydrogens is 453 g/mol. The summed E-state index contributed by atoms with van der Waals surface area (Å²) in [7, 11) is 0. The largest absolute Gasteiger partial charge is 0.493 e. The Hall–Kier alpha value is -3.15. The van der Waals surface area contributed by atoms with Gasteiger partial charge in [0.05, 0.1) is 24.0 Å². The van der Waals surface area contributed by atoms with Crippen LogP contribution in [0.5, 0.6) is 5.75 Å². The number of carboxylic acids is 1. The molecule has 190 valence electrons. The van der Waals surface area contributed by atoms with Crippen molar-refractivity contribution in [1.29, 1.82) is 5.26 Å². The van der Waals surface area contributed by atoms with E-state index in [1.165, 1.54) is 18.2 Å². The molecule has 2 atom stereocenters. The standard InChI is InChI=1S/C26H34FN3O5/c1-2-5-22-20(6-3-12-30(22)18-31)25(34)29-13-10-26(17-28,11-14-29)21-16-19(27)8-9-23(21)35-15-4-7-24(32)33/h8-9,16,18,20,22H,2-7,10-15H2,1H3,(H,32,33). The van der Waals surface area contributed by atoms with Crippen LogP contribution in [0.15, 0.2) is 18.2 Å². The molecule has 0 radical (unpaired) electrons. The third kappa shape index (κ3) is 6.11. The Bertz CT molecular complexity index is 955. The number of rotatable bonds is 10. The van der Waals surface area contributed by atoms with E-state index in [1.807, 2.05) is 6.92 Å². The van der Waals surface area contributed by atoms with Crippen molar-refractivity contribution in [2.45, 2.75) is 69.7 Å². The second kappa shape index (κ2) is 12.0. The molecule has 1 aromatic carbocycles. The van der Waals surface area contributed by atoms with Crippen molar-refractivity contribution in [2.24, 2.45) is 5.92 Å². The van der Waals surface area contributed by atoms with Gasteiger partial charge in [-0.25, -0.2) is 4.39 Å². The number of ether oxygens (including phenoxy) is 1. The number of carboxylic acid groups (broad SMARTS) is 1. The first kappa shape index (κ1) is 26.5. The Balaban J connectivity index is 1.73. The van der Waals surface area contributed by atoms with Gasteiger partial charge in [-0.05, 0) is 56.7 Å². The van der Waals surface area contributed by atoms with Gasteiger partial charge in [0.1, 0.15) is 11.6 Å². The average molecular weight is 488 g/mol. The molecule has 0 aromatic heterocycles. The quantitative estimate of drug-likeness (QED) is 0.400. The Morgan fingerprint density at radius 1 is 1.31 bits per heavy atom. The molecule has 8 nitrogen and oxygen atoms in total. The lowest BCUT2D eigenvalue weighted by Crippen LogP contribution is -2.53. The molecule has 0 bridgehead atoms. The summed E-state index contributed by atoms with van der Waals surface area (Å²) in [4.78, 5) is 39.3. The zero-order valence-electron chi connectivity index (χ0n) is 20.2. The van der Waals surface area contributed by atoms with Gasteiger partial charge < -0.3 is 19.6 Å². The van der Waals surface area contributed by atoms with E-state index in [0.29, 0.717) is 50.2 Å². The lowest BCUT2D eigenvalue weighted by atomic mass is 9.73. The van der Waals surface area contributed by atoms with E-state index >= 15 is 0 Å². The van der Waals surface area contributed by atoms with Gasteiger partial charge in [-0.1, -0.05) is 13.3 Å². The highest BCUT2D eigenvalue weighted by atomic mass is 19.1. The van der Waals surface area contributed by atoms with Gasteiger partial charge in [0.15, 0.2) is 0 Å². The number of piperidine rings is 2. The summed E-state index contributed by atoms with van der Waals surface area (Å²) >= 11 is 0. The van der Waals surface area contributed by atoms with Gasteiger partial charge in [-0.3, -0.25) is 14.4 Å². The zero-order chi connectivity index (χ0) is 25.4. The molecule has 3 rings (SSSR count). The fourth-order valence-electron chi connectivity index (χ4n) is 5.36. The van der Waals surface area contributed by atoms with Gasteiger partial charge >= 0.3 is 5.97 Å². The van der Waals surface area contributed by atoms with Crippen molar-refractivity contribution in [3.8, 4) is 11.8 Å². The number of benzene rings is 1. The van der Waals surface area contributed by atoms with Crippen molar-refractivity contribution in [3.63, 3.8) is 0 Å². The minimum atomic E-state index is -1.01. The van der Waals surface area contributed by atoms with Gasteiger partial charge in [-0.15, -0.1) is 0 Å². The van der Waals surface area contributed by atoms with Crippen LogP contribution in [0.4, 0.5) is 4.39 Å². The number of likely N-dealkylation sites (tertiary alicyclic amines) is 2. The third-order valence-corrected chi connectivity index (χ3v) is 7.25. The summed E-state index contributed by atoms with van der Waals surface area (Å²) in [6, 6.07) is 6.31. The number of carbonyl (C=O) groups excluding carboxylic acids is 2. The monoisotopic (exact) mass is 487 g/mol. The number of aliphatic carboxylic acids is 1. The highest BCUT2D eigenvalue weighted by Gasteiger charge is 2.43. The van der Waals surface area contributed by atoms with Crippen LogP contribution >= 0.6 is 0 Å². The first-order chi connectivity index (χ1) is 16.8. The van der Waals surface area contributed by atoms with E-state index in [2.05, 4.69) is 6.07 Å². The number of halogens is 1. The van der Waals surface area contributed by atoms with E-state index in [0.717, 1.165) is 32.1 Å². The molecule has 2 unspecified atom stereocenters. The highest BCUT2D eigenvalue weighted by molar-refractivity contribution is 5.80. The molecule has 0 saturated carbocycles. The molecule has 2 aliphatic heterocycles. The maximum Gasteiger partial charge on any atom is 0.303 e. The minimum Gasteiger partial charge on any atom is -0.493 e. The lowest BCUT2D eigenvalue weighted by molar-refractivity contribution is -0.143. The van der Waals surface area contributed by atoms with Crippen molar-refractivity contribution in [2.75, 3.05) is 26.2 Å². The normalized spacial score (nSPS) is 21.7. The molecule has 9 heteroatoms. The van der Waals surface area contributed by atoms with Crippen LogP contribution in [-0.4, -0.2) is 65.5 Å². The van der Waals surface area contributed by atoms with Gasteiger partial charge in [0, 0.05) is 37.7 Å². The van der Waals surface area contributed by atoms with Crippen LogP contribution in [0.3, 0.4) is 0 Å². The number of carbonyl (C=O) groups is 3. The summed E-state index contributed by atoms with van der Waals surface area (Å²) in [5.41, 5.74) is -0.568. The first-order valence-electron chi connectivity index (χ1n) is 12.4. The molecule has 2 aliphatic rings. The Kier molecular flexibility index (Phi) is 9.07. The Morgan fingerprint density at radius 2 is 2.06 bits per heavy atom. The van der Waals surface area contributed by atoms with E-state index in [-0.39, 0.29) is 30.9 Å². The van der Waals surface area contributed by atoms with Crippen molar-refractivity contribution >= 4 is 18.3 Å². The molecule has 0 spiro atoms. The summed E-state index contributed by atoms with van der Waals surface area (Å²) in [5, 5.41) is 19.0. The van der Waals surface area contributed by atoms with Crippen LogP contribution < -0.4 is 4.74 Å².